The Bertz CT molecular complexity index is 592. The third kappa shape index (κ3) is 3.41. The molecule has 0 spiro atoms. The number of methoxy groups -OCH3 is 1. The molecule has 0 saturated carbocycles. The topological polar surface area (TPSA) is 98.3 Å². The maximum Gasteiger partial charge on any atom is 0.342 e. The number of carbonyl (C=O) groups is 1. The SMILES string of the molecule is COC(=O)c1c(F)cc(NN=C(C#N)C#N)cc1Cl. The van der Waals surface area contributed by atoms with Crippen LogP contribution in [0.25, 0.3) is 0 Å². The fraction of sp³-hybridized carbons (Fsp3) is 0.0909. The highest BCUT2D eigenvalue weighted by Gasteiger charge is 2.17. The molecular formula is C11H6ClFN4O2. The fourth-order valence-corrected chi connectivity index (χ4v) is 1.42. The Hall–Kier alpha value is -2.64. The fourth-order valence-electron chi connectivity index (χ4n) is 1.13. The zero-order valence-corrected chi connectivity index (χ0v) is 10.3. The summed E-state index contributed by atoms with van der Waals surface area (Å²) in [4.78, 5) is 11.2. The summed E-state index contributed by atoms with van der Waals surface area (Å²) in [7, 11) is 1.10. The van der Waals surface area contributed by atoms with Crippen molar-refractivity contribution in [2.75, 3.05) is 12.5 Å². The van der Waals surface area contributed by atoms with E-state index in [1.807, 2.05) is 0 Å². The largest absolute Gasteiger partial charge is 0.465 e. The number of nitriles is 2. The Morgan fingerprint density at radius 2 is 2.11 bits per heavy atom. The van der Waals surface area contributed by atoms with Crippen molar-refractivity contribution in [1.82, 2.24) is 0 Å². The second-order valence-corrected chi connectivity index (χ2v) is 3.51. The molecule has 6 nitrogen and oxygen atoms in total. The van der Waals surface area contributed by atoms with Gasteiger partial charge in [0.05, 0.1) is 17.8 Å². The van der Waals surface area contributed by atoms with E-state index in [0.29, 0.717) is 0 Å². The lowest BCUT2D eigenvalue weighted by atomic mass is 10.2. The highest BCUT2D eigenvalue weighted by atomic mass is 35.5. The van der Waals surface area contributed by atoms with Crippen LogP contribution in [0.1, 0.15) is 10.4 Å². The number of nitrogens with zero attached hydrogens (tertiary/aromatic N) is 3. The van der Waals surface area contributed by atoms with Crippen LogP contribution in [0.4, 0.5) is 10.1 Å². The first-order chi connectivity index (χ1) is 9.03. The number of nitrogens with one attached hydrogen (secondary N) is 1. The first kappa shape index (κ1) is 14.4. The number of benzene rings is 1. The summed E-state index contributed by atoms with van der Waals surface area (Å²) in [5.74, 6) is -1.82. The van der Waals surface area contributed by atoms with Crippen molar-refractivity contribution in [3.63, 3.8) is 0 Å². The van der Waals surface area contributed by atoms with Gasteiger partial charge >= 0.3 is 5.97 Å². The monoisotopic (exact) mass is 280 g/mol. The maximum absolute atomic E-state index is 13.6. The van der Waals surface area contributed by atoms with Gasteiger partial charge in [-0.25, -0.2) is 9.18 Å². The molecule has 1 rings (SSSR count). The number of esters is 1. The van der Waals surface area contributed by atoms with Gasteiger partial charge in [-0.1, -0.05) is 11.6 Å². The van der Waals surface area contributed by atoms with E-state index in [1.54, 1.807) is 0 Å². The predicted molar refractivity (Wildman–Crippen MR) is 65.0 cm³/mol. The van der Waals surface area contributed by atoms with Gasteiger partial charge in [0.2, 0.25) is 5.71 Å². The molecule has 19 heavy (non-hydrogen) atoms. The summed E-state index contributed by atoms with van der Waals surface area (Å²) in [5, 5.41) is 20.1. The summed E-state index contributed by atoms with van der Waals surface area (Å²) in [6, 6.07) is 5.18. The molecule has 1 aromatic carbocycles. The number of anilines is 1. The normalized spacial score (nSPS) is 8.89. The molecule has 0 amide bonds. The molecule has 0 saturated heterocycles. The van der Waals surface area contributed by atoms with Crippen molar-refractivity contribution < 1.29 is 13.9 Å². The number of hydrogen-bond donors (Lipinski definition) is 1. The van der Waals surface area contributed by atoms with E-state index in [-0.39, 0.29) is 10.7 Å². The number of hydrogen-bond acceptors (Lipinski definition) is 6. The third-order valence-electron chi connectivity index (χ3n) is 1.94. The number of hydrazone groups is 1. The van der Waals surface area contributed by atoms with Crippen molar-refractivity contribution in [3.05, 3.63) is 28.5 Å². The lowest BCUT2D eigenvalue weighted by Gasteiger charge is -2.06. The molecule has 0 radical (unpaired) electrons. The van der Waals surface area contributed by atoms with E-state index in [0.717, 1.165) is 13.2 Å². The van der Waals surface area contributed by atoms with Gasteiger partial charge in [0, 0.05) is 0 Å². The van der Waals surface area contributed by atoms with Crippen molar-refractivity contribution in [2.45, 2.75) is 0 Å². The van der Waals surface area contributed by atoms with Gasteiger partial charge < -0.3 is 4.74 Å². The Morgan fingerprint density at radius 3 is 2.58 bits per heavy atom. The Morgan fingerprint density at radius 1 is 1.47 bits per heavy atom. The first-order valence-corrected chi connectivity index (χ1v) is 5.12. The van der Waals surface area contributed by atoms with Crippen LogP contribution in [0, 0.1) is 28.5 Å². The minimum absolute atomic E-state index is 0.0816. The summed E-state index contributed by atoms with van der Waals surface area (Å²) in [5.41, 5.74) is 1.52. The molecule has 1 aromatic rings. The van der Waals surface area contributed by atoms with Crippen LogP contribution < -0.4 is 5.43 Å². The zero-order chi connectivity index (χ0) is 14.4. The van der Waals surface area contributed by atoms with Crippen LogP contribution in [-0.2, 0) is 4.74 Å². The standard InChI is InChI=1S/C11H6ClFN4O2/c1-19-11(18)10-8(12)2-6(3-9(10)13)16-17-7(4-14)5-15/h2-3,16H,1H3. The lowest BCUT2D eigenvalue weighted by molar-refractivity contribution is 0.0596. The highest BCUT2D eigenvalue weighted by Crippen LogP contribution is 2.25. The quantitative estimate of drug-likeness (QED) is 0.519. The predicted octanol–water partition coefficient (Wildman–Crippen LogP) is 2.08. The van der Waals surface area contributed by atoms with Gasteiger partial charge in [-0.2, -0.15) is 15.6 Å². The number of ether oxygens (including phenoxy) is 1. The summed E-state index contributed by atoms with van der Waals surface area (Å²) in [6.07, 6.45) is 0. The van der Waals surface area contributed by atoms with E-state index in [4.69, 9.17) is 22.1 Å². The molecule has 0 fully saturated rings. The molecule has 0 aliphatic heterocycles. The smallest absolute Gasteiger partial charge is 0.342 e. The van der Waals surface area contributed by atoms with E-state index in [2.05, 4.69) is 15.3 Å². The zero-order valence-electron chi connectivity index (χ0n) is 9.57. The molecule has 0 unspecified atom stereocenters. The molecule has 8 heteroatoms. The van der Waals surface area contributed by atoms with Gasteiger partial charge in [0.25, 0.3) is 0 Å². The Labute approximate surface area is 112 Å². The average molecular weight is 281 g/mol. The minimum atomic E-state index is -0.910. The molecule has 1 N–H and O–H groups in total. The molecule has 0 bridgehead atoms. The molecule has 0 aliphatic carbocycles. The highest BCUT2D eigenvalue weighted by molar-refractivity contribution is 6.33. The summed E-state index contributed by atoms with van der Waals surface area (Å²) >= 11 is 5.73. The second-order valence-electron chi connectivity index (χ2n) is 3.10. The number of rotatable bonds is 3. The van der Waals surface area contributed by atoms with Crippen LogP contribution in [0.3, 0.4) is 0 Å². The van der Waals surface area contributed by atoms with E-state index >= 15 is 0 Å². The molecule has 0 aromatic heterocycles. The van der Waals surface area contributed by atoms with Gasteiger partial charge in [-0.3, -0.25) is 5.43 Å². The van der Waals surface area contributed by atoms with Crippen molar-refractivity contribution in [3.8, 4) is 12.1 Å². The second kappa shape index (κ2) is 6.34. The lowest BCUT2D eigenvalue weighted by Crippen LogP contribution is -2.06. The van der Waals surface area contributed by atoms with Gasteiger partial charge in [-0.05, 0) is 12.1 Å². The van der Waals surface area contributed by atoms with Crippen LogP contribution in [-0.4, -0.2) is 18.8 Å². The van der Waals surface area contributed by atoms with Crippen LogP contribution in [0.5, 0.6) is 0 Å². The van der Waals surface area contributed by atoms with Gasteiger partial charge in [0.1, 0.15) is 23.5 Å². The van der Waals surface area contributed by atoms with E-state index < -0.39 is 23.1 Å². The molecule has 0 aliphatic rings. The van der Waals surface area contributed by atoms with Crippen molar-refractivity contribution >= 4 is 29.0 Å². The van der Waals surface area contributed by atoms with Gasteiger partial charge in [0.15, 0.2) is 0 Å². The number of halogens is 2. The molecular weight excluding hydrogens is 275 g/mol. The maximum atomic E-state index is 13.6. The number of carbonyl (C=O) groups excluding carboxylic acids is 1. The average Bonchev–Trinajstić information content (AvgIpc) is 2.38. The van der Waals surface area contributed by atoms with Crippen LogP contribution >= 0.6 is 11.6 Å². The van der Waals surface area contributed by atoms with E-state index in [9.17, 15) is 9.18 Å². The van der Waals surface area contributed by atoms with Crippen LogP contribution in [0.2, 0.25) is 5.02 Å². The van der Waals surface area contributed by atoms with Crippen molar-refractivity contribution in [2.24, 2.45) is 5.10 Å². The first-order valence-electron chi connectivity index (χ1n) is 4.74. The molecule has 0 atom stereocenters. The third-order valence-corrected chi connectivity index (χ3v) is 2.24. The Balaban J connectivity index is 3.10. The summed E-state index contributed by atoms with van der Waals surface area (Å²) in [6.45, 7) is 0. The molecule has 96 valence electrons. The molecule has 0 heterocycles. The van der Waals surface area contributed by atoms with Crippen LogP contribution in [0.15, 0.2) is 17.2 Å². The minimum Gasteiger partial charge on any atom is -0.465 e. The Kier molecular flexibility index (Phi) is 4.81. The van der Waals surface area contributed by atoms with Gasteiger partial charge in [-0.15, -0.1) is 0 Å². The summed E-state index contributed by atoms with van der Waals surface area (Å²) < 4.78 is 18.0. The van der Waals surface area contributed by atoms with Crippen molar-refractivity contribution in [1.29, 1.82) is 10.5 Å². The van der Waals surface area contributed by atoms with E-state index in [1.165, 1.54) is 18.2 Å².